The van der Waals surface area contributed by atoms with Crippen LogP contribution in [0.3, 0.4) is 0 Å². The highest BCUT2D eigenvalue weighted by Gasteiger charge is 2.17. The average Bonchev–Trinajstić information content (AvgIpc) is 2.95. The average molecular weight is 356 g/mol. The SMILES string of the molecule is Cc1noc(C)c1CN(C)C(=O)Nc1ccc(N2CCC(C)CC2)cc1. The molecule has 6 nitrogen and oxygen atoms in total. The Kier molecular flexibility index (Phi) is 5.49. The largest absolute Gasteiger partial charge is 0.372 e. The molecule has 1 N–H and O–H groups in total. The quantitative estimate of drug-likeness (QED) is 0.892. The lowest BCUT2D eigenvalue weighted by Crippen LogP contribution is -2.33. The molecule has 140 valence electrons. The molecule has 3 rings (SSSR count). The fraction of sp³-hybridized carbons (Fsp3) is 0.500. The summed E-state index contributed by atoms with van der Waals surface area (Å²) in [4.78, 5) is 16.5. The van der Waals surface area contributed by atoms with Gasteiger partial charge in [-0.25, -0.2) is 4.79 Å². The molecule has 1 aliphatic heterocycles. The number of hydrogen-bond acceptors (Lipinski definition) is 4. The Labute approximate surface area is 155 Å². The van der Waals surface area contributed by atoms with Crippen molar-refractivity contribution in [2.45, 2.75) is 40.2 Å². The maximum atomic E-state index is 12.4. The normalized spacial score (nSPS) is 15.2. The van der Waals surface area contributed by atoms with Crippen LogP contribution in [0.15, 0.2) is 28.8 Å². The van der Waals surface area contributed by atoms with Gasteiger partial charge in [0.2, 0.25) is 0 Å². The van der Waals surface area contributed by atoms with Crippen LogP contribution in [0.1, 0.15) is 36.8 Å². The number of aromatic nitrogens is 1. The van der Waals surface area contributed by atoms with Crippen molar-refractivity contribution in [3.8, 4) is 0 Å². The third kappa shape index (κ3) is 4.18. The van der Waals surface area contributed by atoms with E-state index in [1.807, 2.05) is 26.0 Å². The molecule has 26 heavy (non-hydrogen) atoms. The molecule has 1 aromatic carbocycles. The van der Waals surface area contributed by atoms with Crippen molar-refractivity contribution in [2.75, 3.05) is 30.4 Å². The maximum absolute atomic E-state index is 12.4. The monoisotopic (exact) mass is 356 g/mol. The number of amides is 2. The van der Waals surface area contributed by atoms with Crippen LogP contribution < -0.4 is 10.2 Å². The van der Waals surface area contributed by atoms with E-state index < -0.39 is 0 Å². The topological polar surface area (TPSA) is 61.6 Å². The van der Waals surface area contributed by atoms with E-state index in [1.54, 1.807) is 11.9 Å². The fourth-order valence-corrected chi connectivity index (χ4v) is 3.28. The second-order valence-corrected chi connectivity index (χ2v) is 7.31. The van der Waals surface area contributed by atoms with E-state index in [0.29, 0.717) is 6.54 Å². The summed E-state index contributed by atoms with van der Waals surface area (Å²) in [5.74, 6) is 1.57. The van der Waals surface area contributed by atoms with Crippen molar-refractivity contribution >= 4 is 17.4 Å². The van der Waals surface area contributed by atoms with E-state index in [4.69, 9.17) is 4.52 Å². The van der Waals surface area contributed by atoms with Crippen LogP contribution in [0, 0.1) is 19.8 Å². The lowest BCUT2D eigenvalue weighted by Gasteiger charge is -2.32. The second-order valence-electron chi connectivity index (χ2n) is 7.31. The zero-order chi connectivity index (χ0) is 18.7. The molecule has 0 radical (unpaired) electrons. The number of anilines is 2. The standard InChI is InChI=1S/C20H28N4O2/c1-14-9-11-24(12-10-14)18-7-5-17(6-8-18)21-20(25)23(4)13-19-15(2)22-26-16(19)3/h5-8,14H,9-13H2,1-4H3,(H,21,25). The zero-order valence-electron chi connectivity index (χ0n) is 16.1. The van der Waals surface area contributed by atoms with Crippen LogP contribution in [0.4, 0.5) is 16.2 Å². The Balaban J connectivity index is 1.57. The van der Waals surface area contributed by atoms with Gasteiger partial charge in [-0.2, -0.15) is 0 Å². The highest BCUT2D eigenvalue weighted by atomic mass is 16.5. The van der Waals surface area contributed by atoms with E-state index in [-0.39, 0.29) is 6.03 Å². The molecule has 0 unspecified atom stereocenters. The minimum atomic E-state index is -0.149. The van der Waals surface area contributed by atoms with E-state index in [2.05, 4.69) is 34.4 Å². The summed E-state index contributed by atoms with van der Waals surface area (Å²) >= 11 is 0. The molecule has 0 atom stereocenters. The first-order valence-electron chi connectivity index (χ1n) is 9.23. The van der Waals surface area contributed by atoms with Gasteiger partial charge in [0.05, 0.1) is 12.2 Å². The number of urea groups is 1. The Hall–Kier alpha value is -2.50. The third-order valence-electron chi connectivity index (χ3n) is 5.19. The molecular weight excluding hydrogens is 328 g/mol. The Morgan fingerprint density at radius 1 is 1.27 bits per heavy atom. The predicted molar refractivity (Wildman–Crippen MR) is 104 cm³/mol. The molecule has 0 bridgehead atoms. The minimum absolute atomic E-state index is 0.149. The van der Waals surface area contributed by atoms with Crippen LogP contribution in [0.2, 0.25) is 0 Å². The number of nitrogens with one attached hydrogen (secondary N) is 1. The van der Waals surface area contributed by atoms with Crippen molar-refractivity contribution in [2.24, 2.45) is 5.92 Å². The van der Waals surface area contributed by atoms with Gasteiger partial charge in [-0.1, -0.05) is 12.1 Å². The number of carbonyl (C=O) groups excluding carboxylic acids is 1. The van der Waals surface area contributed by atoms with Crippen molar-refractivity contribution < 1.29 is 9.32 Å². The first-order chi connectivity index (χ1) is 12.4. The number of hydrogen-bond donors (Lipinski definition) is 1. The smallest absolute Gasteiger partial charge is 0.321 e. The number of rotatable bonds is 4. The Bertz CT molecular complexity index is 726. The van der Waals surface area contributed by atoms with Crippen molar-refractivity contribution in [1.29, 1.82) is 0 Å². The molecule has 6 heteroatoms. The van der Waals surface area contributed by atoms with Crippen molar-refractivity contribution in [3.05, 3.63) is 41.3 Å². The number of aryl methyl sites for hydroxylation is 2. The van der Waals surface area contributed by atoms with E-state index in [0.717, 1.165) is 41.7 Å². The third-order valence-corrected chi connectivity index (χ3v) is 5.19. The van der Waals surface area contributed by atoms with Crippen LogP contribution in [0.5, 0.6) is 0 Å². The molecular formula is C20H28N4O2. The molecule has 1 aromatic heterocycles. The molecule has 2 heterocycles. The minimum Gasteiger partial charge on any atom is -0.372 e. The van der Waals surface area contributed by atoms with Gasteiger partial charge in [0.15, 0.2) is 0 Å². The lowest BCUT2D eigenvalue weighted by atomic mass is 9.99. The predicted octanol–water partition coefficient (Wildman–Crippen LogP) is 4.19. The summed E-state index contributed by atoms with van der Waals surface area (Å²) in [5, 5.41) is 6.88. The molecule has 0 aliphatic carbocycles. The van der Waals surface area contributed by atoms with E-state index >= 15 is 0 Å². The molecule has 1 aliphatic rings. The Morgan fingerprint density at radius 2 is 1.92 bits per heavy atom. The van der Waals surface area contributed by atoms with Gasteiger partial charge in [-0.05, 0) is 56.9 Å². The fourth-order valence-electron chi connectivity index (χ4n) is 3.28. The van der Waals surface area contributed by atoms with Gasteiger partial charge in [0.25, 0.3) is 0 Å². The summed E-state index contributed by atoms with van der Waals surface area (Å²) in [6.07, 6.45) is 2.48. The molecule has 2 aromatic rings. The maximum Gasteiger partial charge on any atom is 0.321 e. The lowest BCUT2D eigenvalue weighted by molar-refractivity contribution is 0.220. The van der Waals surface area contributed by atoms with Crippen LogP contribution in [-0.2, 0) is 6.54 Å². The molecule has 1 fully saturated rings. The molecule has 0 spiro atoms. The molecule has 1 saturated heterocycles. The highest BCUT2D eigenvalue weighted by Crippen LogP contribution is 2.24. The van der Waals surface area contributed by atoms with Crippen LogP contribution in [0.25, 0.3) is 0 Å². The van der Waals surface area contributed by atoms with Gasteiger partial charge in [-0.15, -0.1) is 0 Å². The molecule has 2 amide bonds. The summed E-state index contributed by atoms with van der Waals surface area (Å²) in [7, 11) is 1.77. The number of benzene rings is 1. The number of carbonyl (C=O) groups is 1. The second kappa shape index (κ2) is 7.81. The molecule has 0 saturated carbocycles. The summed E-state index contributed by atoms with van der Waals surface area (Å²) in [6.45, 7) is 8.74. The summed E-state index contributed by atoms with van der Waals surface area (Å²) < 4.78 is 5.16. The number of piperidine rings is 1. The van der Waals surface area contributed by atoms with Crippen molar-refractivity contribution in [1.82, 2.24) is 10.1 Å². The number of nitrogens with zero attached hydrogens (tertiary/aromatic N) is 3. The van der Waals surface area contributed by atoms with Crippen LogP contribution in [-0.4, -0.2) is 36.2 Å². The first kappa shape index (κ1) is 18.3. The van der Waals surface area contributed by atoms with Crippen LogP contribution >= 0.6 is 0 Å². The zero-order valence-corrected chi connectivity index (χ0v) is 16.1. The van der Waals surface area contributed by atoms with Gasteiger partial charge >= 0.3 is 6.03 Å². The van der Waals surface area contributed by atoms with E-state index in [9.17, 15) is 4.79 Å². The van der Waals surface area contributed by atoms with Gasteiger partial charge in [0, 0.05) is 37.1 Å². The van der Waals surface area contributed by atoms with E-state index in [1.165, 1.54) is 18.5 Å². The Morgan fingerprint density at radius 3 is 2.50 bits per heavy atom. The van der Waals surface area contributed by atoms with Crippen molar-refractivity contribution in [3.63, 3.8) is 0 Å². The van der Waals surface area contributed by atoms with Gasteiger partial charge < -0.3 is 19.6 Å². The summed E-state index contributed by atoms with van der Waals surface area (Å²) in [6, 6.07) is 7.95. The van der Waals surface area contributed by atoms with Gasteiger partial charge in [0.1, 0.15) is 5.76 Å². The first-order valence-corrected chi connectivity index (χ1v) is 9.23. The highest BCUT2D eigenvalue weighted by molar-refractivity contribution is 5.89. The summed E-state index contributed by atoms with van der Waals surface area (Å²) in [5.41, 5.74) is 3.80. The van der Waals surface area contributed by atoms with Gasteiger partial charge in [-0.3, -0.25) is 0 Å².